The van der Waals surface area contributed by atoms with Crippen molar-refractivity contribution in [2.45, 2.75) is 51.5 Å². The summed E-state index contributed by atoms with van der Waals surface area (Å²) in [5, 5.41) is 7.24. The fraction of sp³-hybridized carbons (Fsp3) is 0.579. The quantitative estimate of drug-likeness (QED) is 0.913. The Morgan fingerprint density at radius 1 is 1.19 bits per heavy atom. The third-order valence-electron chi connectivity index (χ3n) is 5.60. The highest BCUT2D eigenvalue weighted by molar-refractivity contribution is 5.95. The van der Waals surface area contributed by atoms with Gasteiger partial charge in [0.2, 0.25) is 5.91 Å². The van der Waals surface area contributed by atoms with E-state index in [0.717, 1.165) is 50.8 Å². The third kappa shape index (κ3) is 3.30. The lowest BCUT2D eigenvalue weighted by atomic mass is 10.0. The second-order valence-electron chi connectivity index (χ2n) is 7.44. The molecule has 1 aliphatic carbocycles. The van der Waals surface area contributed by atoms with E-state index in [4.69, 9.17) is 0 Å². The number of hydrogen-bond acceptors (Lipinski definition) is 4. The van der Waals surface area contributed by atoms with Crippen LogP contribution in [0.2, 0.25) is 0 Å². The van der Waals surface area contributed by atoms with Gasteiger partial charge >= 0.3 is 0 Å². The van der Waals surface area contributed by atoms with Crippen LogP contribution in [0.1, 0.15) is 54.6 Å². The standard InChI is InChI=1S/C19H25N5O2/c1-13-16(12-24-17(21-13)7-8-20-24)18(25)22-15-6-5-14(11-15)19(26)23-9-3-2-4-10-23/h7-8,12,14-15H,2-6,9-11H2,1H3,(H,22,25)/t14-,15+/m1/s1. The molecule has 4 rings (SSSR count). The van der Waals surface area contributed by atoms with Crippen LogP contribution >= 0.6 is 0 Å². The molecule has 138 valence electrons. The predicted molar refractivity (Wildman–Crippen MR) is 96.8 cm³/mol. The molecule has 2 amide bonds. The highest BCUT2D eigenvalue weighted by Crippen LogP contribution is 2.28. The van der Waals surface area contributed by atoms with E-state index in [2.05, 4.69) is 15.4 Å². The second-order valence-corrected chi connectivity index (χ2v) is 7.44. The maximum Gasteiger partial charge on any atom is 0.254 e. The summed E-state index contributed by atoms with van der Waals surface area (Å²) >= 11 is 0. The van der Waals surface area contributed by atoms with Crippen molar-refractivity contribution in [3.8, 4) is 0 Å². The summed E-state index contributed by atoms with van der Waals surface area (Å²) in [4.78, 5) is 31.8. The summed E-state index contributed by atoms with van der Waals surface area (Å²) in [6.07, 6.45) is 9.28. The largest absolute Gasteiger partial charge is 0.349 e. The molecule has 0 spiro atoms. The molecule has 2 aliphatic rings. The van der Waals surface area contributed by atoms with Gasteiger partial charge < -0.3 is 10.2 Å². The molecule has 2 fully saturated rings. The van der Waals surface area contributed by atoms with Gasteiger partial charge in [-0.25, -0.2) is 9.50 Å². The molecule has 2 aromatic rings. The summed E-state index contributed by atoms with van der Waals surface area (Å²) < 4.78 is 1.61. The fourth-order valence-electron chi connectivity index (χ4n) is 4.14. The van der Waals surface area contributed by atoms with E-state index in [1.54, 1.807) is 16.9 Å². The van der Waals surface area contributed by atoms with Crippen molar-refractivity contribution in [2.75, 3.05) is 13.1 Å². The predicted octanol–water partition coefficient (Wildman–Crippen LogP) is 1.95. The average molecular weight is 355 g/mol. The van der Waals surface area contributed by atoms with Gasteiger partial charge in [0.25, 0.3) is 5.91 Å². The Morgan fingerprint density at radius 2 is 2.00 bits per heavy atom. The minimum absolute atomic E-state index is 0.0474. The van der Waals surface area contributed by atoms with Crippen molar-refractivity contribution in [3.63, 3.8) is 0 Å². The Bertz CT molecular complexity index is 824. The van der Waals surface area contributed by atoms with Crippen molar-refractivity contribution >= 4 is 17.5 Å². The monoisotopic (exact) mass is 355 g/mol. The van der Waals surface area contributed by atoms with Gasteiger partial charge in [-0.2, -0.15) is 5.10 Å². The number of rotatable bonds is 3. The normalized spacial score (nSPS) is 23.3. The van der Waals surface area contributed by atoms with Gasteiger partial charge in [-0.1, -0.05) is 0 Å². The number of fused-ring (bicyclic) bond motifs is 1. The zero-order chi connectivity index (χ0) is 18.1. The number of nitrogens with zero attached hydrogens (tertiary/aromatic N) is 4. The Balaban J connectivity index is 1.39. The van der Waals surface area contributed by atoms with Crippen molar-refractivity contribution in [1.82, 2.24) is 24.8 Å². The number of likely N-dealkylation sites (tertiary alicyclic amines) is 1. The summed E-state index contributed by atoms with van der Waals surface area (Å²) in [5.41, 5.74) is 1.95. The Morgan fingerprint density at radius 3 is 2.81 bits per heavy atom. The molecule has 0 radical (unpaired) electrons. The molecule has 3 heterocycles. The van der Waals surface area contributed by atoms with E-state index in [0.29, 0.717) is 11.3 Å². The van der Waals surface area contributed by atoms with E-state index in [9.17, 15) is 9.59 Å². The molecule has 2 aromatic heterocycles. The van der Waals surface area contributed by atoms with Gasteiger partial charge in [0, 0.05) is 37.3 Å². The molecule has 1 aliphatic heterocycles. The summed E-state index contributed by atoms with van der Waals surface area (Å²) in [6, 6.07) is 1.86. The van der Waals surface area contributed by atoms with Crippen LogP contribution in [0.15, 0.2) is 18.5 Å². The molecule has 26 heavy (non-hydrogen) atoms. The second kappa shape index (κ2) is 7.05. The molecule has 1 N–H and O–H groups in total. The van der Waals surface area contributed by atoms with E-state index in [-0.39, 0.29) is 23.8 Å². The maximum absolute atomic E-state index is 12.7. The number of carbonyl (C=O) groups is 2. The van der Waals surface area contributed by atoms with E-state index >= 15 is 0 Å². The lowest BCUT2D eigenvalue weighted by molar-refractivity contribution is -0.136. The third-order valence-corrected chi connectivity index (χ3v) is 5.60. The lowest BCUT2D eigenvalue weighted by Gasteiger charge is -2.29. The highest BCUT2D eigenvalue weighted by Gasteiger charge is 2.34. The van der Waals surface area contributed by atoms with Gasteiger partial charge in [0.05, 0.1) is 17.5 Å². The van der Waals surface area contributed by atoms with Crippen LogP contribution in [0.25, 0.3) is 5.65 Å². The van der Waals surface area contributed by atoms with Crippen molar-refractivity contribution < 1.29 is 9.59 Å². The van der Waals surface area contributed by atoms with Crippen LogP contribution < -0.4 is 5.32 Å². The first-order chi connectivity index (χ1) is 12.6. The van der Waals surface area contributed by atoms with Crippen LogP contribution in [0.3, 0.4) is 0 Å². The number of amides is 2. The topological polar surface area (TPSA) is 79.6 Å². The van der Waals surface area contributed by atoms with Gasteiger partial charge in [0.15, 0.2) is 5.65 Å². The molecule has 7 heteroatoms. The summed E-state index contributed by atoms with van der Waals surface area (Å²) in [6.45, 7) is 3.61. The maximum atomic E-state index is 12.7. The molecular formula is C19H25N5O2. The first-order valence-corrected chi connectivity index (χ1v) is 9.52. The zero-order valence-corrected chi connectivity index (χ0v) is 15.1. The number of carbonyl (C=O) groups excluding carboxylic acids is 2. The van der Waals surface area contributed by atoms with Crippen LogP contribution in [-0.2, 0) is 4.79 Å². The van der Waals surface area contributed by atoms with Gasteiger partial charge in [-0.05, 0) is 45.4 Å². The van der Waals surface area contributed by atoms with E-state index in [1.807, 2.05) is 17.9 Å². The molecule has 0 aromatic carbocycles. The van der Waals surface area contributed by atoms with Gasteiger partial charge in [-0.3, -0.25) is 9.59 Å². The number of piperidine rings is 1. The SMILES string of the molecule is Cc1nc2ccnn2cc1C(=O)N[C@H]1CC[C@@H](C(=O)N2CCCCC2)C1. The molecule has 1 saturated carbocycles. The molecule has 2 atom stereocenters. The zero-order valence-electron chi connectivity index (χ0n) is 15.1. The van der Waals surface area contributed by atoms with Crippen molar-refractivity contribution in [3.05, 3.63) is 29.7 Å². The Kier molecular flexibility index (Phi) is 4.61. The number of nitrogens with one attached hydrogen (secondary N) is 1. The Labute approximate surface area is 152 Å². The number of hydrogen-bond donors (Lipinski definition) is 1. The van der Waals surface area contributed by atoms with Crippen LogP contribution in [0, 0.1) is 12.8 Å². The first kappa shape index (κ1) is 17.0. The van der Waals surface area contributed by atoms with Gasteiger partial charge in [-0.15, -0.1) is 0 Å². The molecular weight excluding hydrogens is 330 g/mol. The minimum atomic E-state index is -0.136. The van der Waals surface area contributed by atoms with E-state index in [1.165, 1.54) is 6.42 Å². The van der Waals surface area contributed by atoms with Crippen LogP contribution in [-0.4, -0.2) is 50.4 Å². The van der Waals surface area contributed by atoms with Crippen LogP contribution in [0.5, 0.6) is 0 Å². The molecule has 1 saturated heterocycles. The molecule has 0 bridgehead atoms. The first-order valence-electron chi connectivity index (χ1n) is 9.52. The lowest BCUT2D eigenvalue weighted by Crippen LogP contribution is -2.40. The minimum Gasteiger partial charge on any atom is -0.349 e. The summed E-state index contributed by atoms with van der Waals surface area (Å²) in [5.74, 6) is 0.187. The van der Waals surface area contributed by atoms with E-state index < -0.39 is 0 Å². The highest BCUT2D eigenvalue weighted by atomic mass is 16.2. The number of aryl methyl sites for hydroxylation is 1. The smallest absolute Gasteiger partial charge is 0.254 e. The van der Waals surface area contributed by atoms with Gasteiger partial charge in [0.1, 0.15) is 0 Å². The van der Waals surface area contributed by atoms with Crippen molar-refractivity contribution in [2.24, 2.45) is 5.92 Å². The fourth-order valence-corrected chi connectivity index (χ4v) is 4.14. The average Bonchev–Trinajstić information content (AvgIpc) is 3.30. The molecule has 7 nitrogen and oxygen atoms in total. The summed E-state index contributed by atoms with van der Waals surface area (Å²) in [7, 11) is 0. The Hall–Kier alpha value is -2.44. The van der Waals surface area contributed by atoms with Crippen LogP contribution in [0.4, 0.5) is 0 Å². The van der Waals surface area contributed by atoms with Crippen molar-refractivity contribution in [1.29, 1.82) is 0 Å². The molecule has 0 unspecified atom stereocenters. The number of aromatic nitrogens is 3.